The summed E-state index contributed by atoms with van der Waals surface area (Å²) in [6, 6.07) is 0. The van der Waals surface area contributed by atoms with E-state index in [-0.39, 0.29) is 5.92 Å². The third kappa shape index (κ3) is 1.19. The molecule has 0 N–H and O–H groups in total. The van der Waals surface area contributed by atoms with E-state index >= 15 is 0 Å². The Kier molecular flexibility index (Phi) is 1.84. The molecule has 0 saturated carbocycles. The number of rotatable bonds is 1. The summed E-state index contributed by atoms with van der Waals surface area (Å²) in [4.78, 5) is 10.1. The quantitative estimate of drug-likeness (QED) is 0.369. The van der Waals surface area contributed by atoms with Crippen LogP contribution in [0.4, 0.5) is 0 Å². The first-order valence-corrected chi connectivity index (χ1v) is 3.05. The second-order valence-corrected chi connectivity index (χ2v) is 2.16. The van der Waals surface area contributed by atoms with Gasteiger partial charge in [0.1, 0.15) is 6.29 Å². The number of hydrogen-bond acceptors (Lipinski definition) is 1. The zero-order valence-corrected chi connectivity index (χ0v) is 4.84. The maximum absolute atomic E-state index is 10.1. The maximum Gasteiger partial charge on any atom is 0.126 e. The van der Waals surface area contributed by atoms with E-state index in [1.54, 1.807) is 0 Å². The normalized spacial score (nSPS) is 27.8. The van der Waals surface area contributed by atoms with Crippen LogP contribution in [0.2, 0.25) is 0 Å². The third-order valence-electron chi connectivity index (χ3n) is 1.47. The highest BCUT2D eigenvalue weighted by molar-refractivity contribution is 5.56. The molecule has 0 aliphatic heterocycles. The summed E-state index contributed by atoms with van der Waals surface area (Å²) in [6.45, 7) is 0. The van der Waals surface area contributed by atoms with Gasteiger partial charge in [0.25, 0.3) is 0 Å². The molecule has 0 aromatic heterocycles. The Morgan fingerprint density at radius 2 is 2.50 bits per heavy atom. The molecule has 0 amide bonds. The summed E-state index contributed by atoms with van der Waals surface area (Å²) in [5.41, 5.74) is 0. The van der Waals surface area contributed by atoms with E-state index in [4.69, 9.17) is 0 Å². The van der Waals surface area contributed by atoms with E-state index in [0.29, 0.717) is 0 Å². The number of carbonyl (C=O) groups excluding carboxylic acids is 1. The molecule has 1 aliphatic carbocycles. The lowest BCUT2D eigenvalue weighted by molar-refractivity contribution is -0.110. The molecule has 0 fully saturated rings. The van der Waals surface area contributed by atoms with Gasteiger partial charge in [0.05, 0.1) is 0 Å². The molecule has 0 heterocycles. The molecule has 0 spiro atoms. The average molecular weight is 110 g/mol. The van der Waals surface area contributed by atoms with Crippen molar-refractivity contribution >= 4 is 6.29 Å². The van der Waals surface area contributed by atoms with Crippen molar-refractivity contribution in [3.63, 3.8) is 0 Å². The van der Waals surface area contributed by atoms with Gasteiger partial charge in [-0.3, -0.25) is 0 Å². The average Bonchev–Trinajstić information content (AvgIpc) is 1.90. The standard InChI is InChI=1S/C7H10O/c8-6-7-4-2-1-3-5-7/h2,4,6-7H,1,3,5H2/t7-/m0/s1. The fourth-order valence-electron chi connectivity index (χ4n) is 0.952. The van der Waals surface area contributed by atoms with Crippen molar-refractivity contribution < 1.29 is 4.79 Å². The molecule has 1 aliphatic rings. The molecular formula is C7H10O. The van der Waals surface area contributed by atoms with Crippen molar-refractivity contribution in [1.82, 2.24) is 0 Å². The zero-order chi connectivity index (χ0) is 5.82. The molecule has 8 heavy (non-hydrogen) atoms. The Morgan fingerprint density at radius 3 is 2.88 bits per heavy atom. The van der Waals surface area contributed by atoms with Gasteiger partial charge in [-0.2, -0.15) is 0 Å². The summed E-state index contributed by atoms with van der Waals surface area (Å²) in [5.74, 6) is 0.226. The van der Waals surface area contributed by atoms with E-state index < -0.39 is 0 Å². The van der Waals surface area contributed by atoms with Gasteiger partial charge in [0, 0.05) is 5.92 Å². The summed E-state index contributed by atoms with van der Waals surface area (Å²) in [6.07, 6.45) is 8.50. The zero-order valence-electron chi connectivity index (χ0n) is 4.84. The van der Waals surface area contributed by atoms with Crippen LogP contribution in [0, 0.1) is 5.92 Å². The smallest absolute Gasteiger partial charge is 0.126 e. The van der Waals surface area contributed by atoms with Crippen LogP contribution in [0.1, 0.15) is 19.3 Å². The first kappa shape index (κ1) is 5.54. The lowest BCUT2D eigenvalue weighted by Gasteiger charge is -2.07. The van der Waals surface area contributed by atoms with E-state index in [9.17, 15) is 4.79 Å². The lowest BCUT2D eigenvalue weighted by atomic mass is 9.98. The minimum atomic E-state index is 0.226. The van der Waals surface area contributed by atoms with Crippen molar-refractivity contribution in [2.45, 2.75) is 19.3 Å². The largest absolute Gasteiger partial charge is 0.303 e. The van der Waals surface area contributed by atoms with Crippen LogP contribution in [0.3, 0.4) is 0 Å². The number of allylic oxidation sites excluding steroid dienone is 2. The van der Waals surface area contributed by atoms with Gasteiger partial charge in [-0.05, 0) is 19.3 Å². The summed E-state index contributed by atoms with van der Waals surface area (Å²) in [5, 5.41) is 0. The summed E-state index contributed by atoms with van der Waals surface area (Å²) < 4.78 is 0. The lowest BCUT2D eigenvalue weighted by Crippen LogP contribution is -2.00. The molecule has 0 bridgehead atoms. The predicted octanol–water partition coefficient (Wildman–Crippen LogP) is 1.54. The van der Waals surface area contributed by atoms with E-state index in [2.05, 4.69) is 6.08 Å². The predicted molar refractivity (Wildman–Crippen MR) is 32.5 cm³/mol. The van der Waals surface area contributed by atoms with Crippen LogP contribution in [0.15, 0.2) is 12.2 Å². The summed E-state index contributed by atoms with van der Waals surface area (Å²) in [7, 11) is 0. The van der Waals surface area contributed by atoms with Crippen molar-refractivity contribution in [3.05, 3.63) is 12.2 Å². The van der Waals surface area contributed by atoms with Gasteiger partial charge in [0.15, 0.2) is 0 Å². The SMILES string of the molecule is O=C[C@H]1C=CCCC1. The van der Waals surface area contributed by atoms with Crippen molar-refractivity contribution in [2.24, 2.45) is 5.92 Å². The molecule has 0 radical (unpaired) electrons. The van der Waals surface area contributed by atoms with E-state index in [0.717, 1.165) is 19.1 Å². The fraction of sp³-hybridized carbons (Fsp3) is 0.571. The number of aldehydes is 1. The van der Waals surface area contributed by atoms with Gasteiger partial charge in [-0.25, -0.2) is 0 Å². The molecule has 1 rings (SSSR count). The highest BCUT2D eigenvalue weighted by Crippen LogP contribution is 2.13. The minimum absolute atomic E-state index is 0.226. The fourth-order valence-corrected chi connectivity index (χ4v) is 0.952. The Hall–Kier alpha value is -0.590. The molecule has 0 aromatic carbocycles. The Morgan fingerprint density at radius 1 is 1.62 bits per heavy atom. The monoisotopic (exact) mass is 110 g/mol. The number of carbonyl (C=O) groups is 1. The minimum Gasteiger partial charge on any atom is -0.303 e. The molecule has 44 valence electrons. The Balaban J connectivity index is 2.42. The van der Waals surface area contributed by atoms with Crippen molar-refractivity contribution in [2.75, 3.05) is 0 Å². The van der Waals surface area contributed by atoms with Crippen LogP contribution in [0.5, 0.6) is 0 Å². The van der Waals surface area contributed by atoms with Gasteiger partial charge >= 0.3 is 0 Å². The molecule has 1 heteroatoms. The second kappa shape index (κ2) is 2.65. The molecule has 0 unspecified atom stereocenters. The van der Waals surface area contributed by atoms with Crippen molar-refractivity contribution in [3.8, 4) is 0 Å². The Bertz CT molecular complexity index is 105. The first-order valence-electron chi connectivity index (χ1n) is 3.05. The van der Waals surface area contributed by atoms with Crippen molar-refractivity contribution in [1.29, 1.82) is 0 Å². The third-order valence-corrected chi connectivity index (χ3v) is 1.47. The van der Waals surface area contributed by atoms with Crippen LogP contribution >= 0.6 is 0 Å². The topological polar surface area (TPSA) is 17.1 Å². The molecular weight excluding hydrogens is 100 g/mol. The Labute approximate surface area is 49.4 Å². The second-order valence-electron chi connectivity index (χ2n) is 2.16. The summed E-state index contributed by atoms with van der Waals surface area (Å²) >= 11 is 0. The highest BCUT2D eigenvalue weighted by Gasteiger charge is 2.04. The molecule has 0 aromatic rings. The van der Waals surface area contributed by atoms with Gasteiger partial charge in [-0.1, -0.05) is 12.2 Å². The molecule has 0 saturated heterocycles. The maximum atomic E-state index is 10.1. The van der Waals surface area contributed by atoms with Gasteiger partial charge < -0.3 is 4.79 Å². The molecule has 1 nitrogen and oxygen atoms in total. The van der Waals surface area contributed by atoms with Gasteiger partial charge in [0.2, 0.25) is 0 Å². The van der Waals surface area contributed by atoms with E-state index in [1.807, 2.05) is 6.08 Å². The van der Waals surface area contributed by atoms with Crippen LogP contribution in [-0.2, 0) is 4.79 Å². The highest BCUT2D eigenvalue weighted by atomic mass is 16.1. The van der Waals surface area contributed by atoms with Crippen LogP contribution in [0.25, 0.3) is 0 Å². The number of hydrogen-bond donors (Lipinski definition) is 0. The van der Waals surface area contributed by atoms with Crippen LogP contribution in [-0.4, -0.2) is 6.29 Å². The first-order chi connectivity index (χ1) is 3.93. The van der Waals surface area contributed by atoms with Crippen LogP contribution < -0.4 is 0 Å². The van der Waals surface area contributed by atoms with Gasteiger partial charge in [-0.15, -0.1) is 0 Å². The molecule has 1 atom stereocenters. The van der Waals surface area contributed by atoms with E-state index in [1.165, 1.54) is 6.42 Å².